The molecule has 0 aliphatic rings. The molecule has 0 aromatic heterocycles. The van der Waals surface area contributed by atoms with Crippen LogP contribution in [0.25, 0.3) is 0 Å². The molecule has 0 amide bonds. The molecule has 0 fully saturated rings. The van der Waals surface area contributed by atoms with E-state index in [2.05, 4.69) is 11.8 Å². The van der Waals surface area contributed by atoms with E-state index in [1.54, 1.807) is 12.1 Å². The molecule has 0 saturated heterocycles. The van der Waals surface area contributed by atoms with Crippen molar-refractivity contribution in [2.24, 2.45) is 0 Å². The molecule has 62 valence electrons. The molecule has 1 heteroatoms. The number of ether oxygens (including phenoxy) is 1. The summed E-state index contributed by atoms with van der Waals surface area (Å²) in [6, 6.07) is 7.63. The highest BCUT2D eigenvalue weighted by Crippen LogP contribution is 1.94. The molecule has 0 radical (unpaired) electrons. The summed E-state index contributed by atoms with van der Waals surface area (Å²) in [6.45, 7) is 3.11. The Morgan fingerprint density at radius 3 is 2.92 bits per heavy atom. The Bertz CT molecular complexity index is 305. The van der Waals surface area contributed by atoms with Crippen LogP contribution in [-0.4, -0.2) is 13.2 Å². The molecule has 1 nitrogen and oxygen atoms in total. The van der Waals surface area contributed by atoms with Gasteiger partial charge in [-0.1, -0.05) is 30.0 Å². The first-order valence-corrected chi connectivity index (χ1v) is 3.96. The summed E-state index contributed by atoms with van der Waals surface area (Å²) in [5.74, 6) is 5.84. The summed E-state index contributed by atoms with van der Waals surface area (Å²) in [4.78, 5) is 0. The van der Waals surface area contributed by atoms with Gasteiger partial charge in [0.2, 0.25) is 0 Å². The lowest BCUT2D eigenvalue weighted by Crippen LogP contribution is -1.88. The standard InChI is InChI=1S/C11H12O/c1-2-12-10-6-9-11-7-4-3-5-8-11/h3-5,7-8H,2,10H2,1H3/i3D. The third kappa shape index (κ3) is 3.23. The number of hydrogen-bond acceptors (Lipinski definition) is 1. The van der Waals surface area contributed by atoms with Gasteiger partial charge in [0.05, 0.1) is 1.37 Å². The van der Waals surface area contributed by atoms with Gasteiger partial charge < -0.3 is 4.74 Å². The van der Waals surface area contributed by atoms with Gasteiger partial charge in [-0.3, -0.25) is 0 Å². The zero-order valence-electron chi connectivity index (χ0n) is 8.13. The van der Waals surface area contributed by atoms with Gasteiger partial charge in [0, 0.05) is 12.2 Å². The van der Waals surface area contributed by atoms with Gasteiger partial charge in [-0.15, -0.1) is 0 Å². The van der Waals surface area contributed by atoms with Crippen LogP contribution in [-0.2, 0) is 4.74 Å². The molecule has 0 spiro atoms. The predicted octanol–water partition coefficient (Wildman–Crippen LogP) is 2.07. The second-order valence-electron chi connectivity index (χ2n) is 2.23. The molecule has 0 N–H and O–H groups in total. The monoisotopic (exact) mass is 161 g/mol. The Kier molecular flexibility index (Phi) is 3.33. The van der Waals surface area contributed by atoms with E-state index >= 15 is 0 Å². The van der Waals surface area contributed by atoms with Gasteiger partial charge in [0.15, 0.2) is 0 Å². The molecule has 0 unspecified atom stereocenters. The molecule has 1 aromatic carbocycles. The molecular weight excluding hydrogens is 148 g/mol. The minimum Gasteiger partial charge on any atom is -0.369 e. The van der Waals surface area contributed by atoms with E-state index in [9.17, 15) is 0 Å². The predicted molar refractivity (Wildman–Crippen MR) is 49.8 cm³/mol. The molecule has 1 aromatic rings. The third-order valence-electron chi connectivity index (χ3n) is 1.33. The van der Waals surface area contributed by atoms with Crippen LogP contribution in [0, 0.1) is 11.8 Å². The SMILES string of the molecule is [2H]c1ccc(C#CCOCC)cc1. The molecule has 0 atom stereocenters. The average Bonchev–Trinajstić information content (AvgIpc) is 2.15. The Morgan fingerprint density at radius 2 is 2.25 bits per heavy atom. The van der Waals surface area contributed by atoms with Crippen LogP contribution < -0.4 is 0 Å². The number of rotatable bonds is 2. The lowest BCUT2D eigenvalue weighted by atomic mass is 10.2. The second-order valence-corrected chi connectivity index (χ2v) is 2.23. The normalized spacial score (nSPS) is 9.92. The lowest BCUT2D eigenvalue weighted by Gasteiger charge is -1.89. The Morgan fingerprint density at radius 1 is 1.50 bits per heavy atom. The smallest absolute Gasteiger partial charge is 0.108 e. The molecular formula is C11H12O. The fourth-order valence-electron chi connectivity index (χ4n) is 0.761. The molecule has 0 aliphatic heterocycles. The van der Waals surface area contributed by atoms with Crippen LogP contribution in [0.5, 0.6) is 0 Å². The first-order valence-electron chi connectivity index (χ1n) is 4.46. The van der Waals surface area contributed by atoms with E-state index < -0.39 is 0 Å². The maximum Gasteiger partial charge on any atom is 0.108 e. The molecule has 12 heavy (non-hydrogen) atoms. The minimum absolute atomic E-state index is 0.471. The van der Waals surface area contributed by atoms with Crippen molar-refractivity contribution in [1.29, 1.82) is 0 Å². The van der Waals surface area contributed by atoms with Crippen molar-refractivity contribution in [2.75, 3.05) is 13.2 Å². The molecule has 0 heterocycles. The van der Waals surface area contributed by atoms with E-state index in [1.165, 1.54) is 0 Å². The highest BCUT2D eigenvalue weighted by Gasteiger charge is 1.80. The summed E-state index contributed by atoms with van der Waals surface area (Å²) in [7, 11) is 0. The molecule has 0 saturated carbocycles. The largest absolute Gasteiger partial charge is 0.369 e. The number of benzene rings is 1. The molecule has 1 rings (SSSR count). The van der Waals surface area contributed by atoms with Crippen molar-refractivity contribution in [1.82, 2.24) is 0 Å². The zero-order valence-corrected chi connectivity index (χ0v) is 7.13. The van der Waals surface area contributed by atoms with Crippen molar-refractivity contribution >= 4 is 0 Å². The van der Waals surface area contributed by atoms with Crippen LogP contribution in [0.15, 0.2) is 30.3 Å². The quantitative estimate of drug-likeness (QED) is 0.476. The number of hydrogen-bond donors (Lipinski definition) is 0. The van der Waals surface area contributed by atoms with Crippen LogP contribution in [0.2, 0.25) is 0 Å². The second kappa shape index (κ2) is 5.40. The van der Waals surface area contributed by atoms with E-state index in [0.717, 1.165) is 5.56 Å². The van der Waals surface area contributed by atoms with Gasteiger partial charge in [-0.2, -0.15) is 0 Å². The van der Waals surface area contributed by atoms with Gasteiger partial charge in [0.1, 0.15) is 6.61 Å². The maximum absolute atomic E-state index is 7.26. The van der Waals surface area contributed by atoms with Crippen molar-refractivity contribution in [3.63, 3.8) is 0 Å². The average molecular weight is 161 g/mol. The third-order valence-corrected chi connectivity index (χ3v) is 1.33. The van der Waals surface area contributed by atoms with Gasteiger partial charge in [0.25, 0.3) is 0 Å². The first kappa shape index (κ1) is 7.39. The van der Waals surface area contributed by atoms with Gasteiger partial charge in [-0.25, -0.2) is 0 Å². The van der Waals surface area contributed by atoms with E-state index in [-0.39, 0.29) is 0 Å². The highest BCUT2D eigenvalue weighted by molar-refractivity contribution is 5.33. The van der Waals surface area contributed by atoms with Crippen molar-refractivity contribution in [3.8, 4) is 11.8 Å². The summed E-state index contributed by atoms with van der Waals surface area (Å²) in [6.07, 6.45) is 0. The van der Waals surface area contributed by atoms with Crippen molar-refractivity contribution in [3.05, 3.63) is 35.9 Å². The first-order chi connectivity index (χ1) is 6.33. The minimum atomic E-state index is 0.471. The molecule has 0 aliphatic carbocycles. The topological polar surface area (TPSA) is 9.23 Å². The van der Waals surface area contributed by atoms with E-state index in [1.807, 2.05) is 19.1 Å². The van der Waals surface area contributed by atoms with E-state index in [0.29, 0.717) is 19.3 Å². The van der Waals surface area contributed by atoms with Crippen LogP contribution >= 0.6 is 0 Å². The van der Waals surface area contributed by atoms with Crippen molar-refractivity contribution < 1.29 is 6.11 Å². The Labute approximate surface area is 74.8 Å². The summed E-state index contributed by atoms with van der Waals surface area (Å²) < 4.78 is 12.3. The van der Waals surface area contributed by atoms with Crippen LogP contribution in [0.3, 0.4) is 0 Å². The molecule has 0 bridgehead atoms. The Balaban J connectivity index is 2.52. The van der Waals surface area contributed by atoms with Gasteiger partial charge in [-0.05, 0) is 19.1 Å². The summed E-state index contributed by atoms with van der Waals surface area (Å²) in [5, 5.41) is 0. The Hall–Kier alpha value is -1.26. The fraction of sp³-hybridized carbons (Fsp3) is 0.273. The fourth-order valence-corrected chi connectivity index (χ4v) is 0.761. The maximum atomic E-state index is 7.26. The highest BCUT2D eigenvalue weighted by atomic mass is 16.5. The van der Waals surface area contributed by atoms with Crippen LogP contribution in [0.1, 0.15) is 13.9 Å². The van der Waals surface area contributed by atoms with E-state index in [4.69, 9.17) is 6.11 Å². The van der Waals surface area contributed by atoms with Crippen LogP contribution in [0.4, 0.5) is 0 Å². The zero-order chi connectivity index (χ0) is 9.52. The summed E-state index contributed by atoms with van der Waals surface area (Å²) in [5.41, 5.74) is 0.927. The van der Waals surface area contributed by atoms with Crippen molar-refractivity contribution in [2.45, 2.75) is 6.92 Å². The van der Waals surface area contributed by atoms with Gasteiger partial charge >= 0.3 is 0 Å². The lowest BCUT2D eigenvalue weighted by molar-refractivity contribution is 0.182. The summed E-state index contributed by atoms with van der Waals surface area (Å²) >= 11 is 0.